The summed E-state index contributed by atoms with van der Waals surface area (Å²) in [5.41, 5.74) is 3.07. The van der Waals surface area contributed by atoms with Gasteiger partial charge in [0.15, 0.2) is 0 Å². The van der Waals surface area contributed by atoms with Crippen LogP contribution in [0.3, 0.4) is 0 Å². The van der Waals surface area contributed by atoms with Crippen LogP contribution in [0.4, 0.5) is 5.69 Å². The Hall–Kier alpha value is -3.36. The maximum Gasteiger partial charge on any atom is 0.264 e. The van der Waals surface area contributed by atoms with Crippen molar-refractivity contribution in [2.75, 3.05) is 17.4 Å². The van der Waals surface area contributed by atoms with Gasteiger partial charge in [-0.1, -0.05) is 80.8 Å². The van der Waals surface area contributed by atoms with E-state index in [1.165, 1.54) is 17.0 Å². The number of unbranched alkanes of at least 4 members (excludes halogenated alkanes) is 1. The highest BCUT2D eigenvalue weighted by atomic mass is 35.5. The normalized spacial score (nSPS) is 12.2. The van der Waals surface area contributed by atoms with E-state index in [0.29, 0.717) is 17.3 Å². The second kappa shape index (κ2) is 14.5. The maximum atomic E-state index is 14.0. The molecule has 0 fully saturated rings. The quantitative estimate of drug-likeness (QED) is 0.234. The van der Waals surface area contributed by atoms with Crippen molar-refractivity contribution in [3.63, 3.8) is 0 Å². The lowest BCUT2D eigenvalue weighted by atomic mass is 10.0. The van der Waals surface area contributed by atoms with Gasteiger partial charge in [0.1, 0.15) is 12.6 Å². The molecule has 0 radical (unpaired) electrons. The molecule has 1 N–H and O–H groups in total. The first-order chi connectivity index (χ1) is 19.4. The molecule has 41 heavy (non-hydrogen) atoms. The Morgan fingerprint density at radius 1 is 0.951 bits per heavy atom. The van der Waals surface area contributed by atoms with Gasteiger partial charge in [-0.15, -0.1) is 0 Å². The highest BCUT2D eigenvalue weighted by Crippen LogP contribution is 2.27. The summed E-state index contributed by atoms with van der Waals surface area (Å²) in [6.45, 7) is 9.77. The molecule has 0 spiro atoms. The van der Waals surface area contributed by atoms with Gasteiger partial charge < -0.3 is 10.2 Å². The number of carbonyl (C=O) groups excluding carboxylic acids is 2. The smallest absolute Gasteiger partial charge is 0.264 e. The second-order valence-corrected chi connectivity index (χ2v) is 12.8. The molecule has 3 aromatic carbocycles. The molecule has 3 aromatic rings. The van der Waals surface area contributed by atoms with Crippen molar-refractivity contribution in [1.29, 1.82) is 0 Å². The molecular formula is C32H40ClN3O4S. The van der Waals surface area contributed by atoms with Gasteiger partial charge in [-0.05, 0) is 73.7 Å². The number of hydrogen-bond acceptors (Lipinski definition) is 4. The fourth-order valence-corrected chi connectivity index (χ4v) is 5.97. The first kappa shape index (κ1) is 32.2. The average molecular weight is 598 g/mol. The summed E-state index contributed by atoms with van der Waals surface area (Å²) >= 11 is 6.20. The Kier molecular flexibility index (Phi) is 11.4. The fraction of sp³-hybridized carbons (Fsp3) is 0.375. The summed E-state index contributed by atoms with van der Waals surface area (Å²) in [4.78, 5) is 28.6. The Labute approximate surface area is 249 Å². The van der Waals surface area contributed by atoms with Gasteiger partial charge >= 0.3 is 0 Å². The molecule has 7 nitrogen and oxygen atoms in total. The standard InChI is InChI=1S/C32H40ClN3O4S/c1-6-7-19-34-32(38)25(5)35(21-26-9-8-10-28(33)20-26)31(37)22-36(29-15-13-27(14-16-29)23(2)3)41(39,40)30-17-11-24(4)12-18-30/h8-18,20,23,25H,6-7,19,21-22H2,1-5H3,(H,34,38)/t25-/m0/s1. The van der Waals surface area contributed by atoms with Crippen molar-refractivity contribution < 1.29 is 18.0 Å². The minimum atomic E-state index is -4.11. The van der Waals surface area contributed by atoms with Crippen LogP contribution in [0.25, 0.3) is 0 Å². The van der Waals surface area contributed by atoms with E-state index >= 15 is 0 Å². The van der Waals surface area contributed by atoms with Crippen LogP contribution in [0.5, 0.6) is 0 Å². The summed E-state index contributed by atoms with van der Waals surface area (Å²) in [7, 11) is -4.11. The number of rotatable bonds is 13. The van der Waals surface area contributed by atoms with Crippen molar-refractivity contribution in [1.82, 2.24) is 10.2 Å². The molecule has 0 saturated carbocycles. The number of halogens is 1. The van der Waals surface area contributed by atoms with E-state index in [4.69, 9.17) is 11.6 Å². The van der Waals surface area contributed by atoms with Gasteiger partial charge in [0.25, 0.3) is 10.0 Å². The van der Waals surface area contributed by atoms with Crippen LogP contribution >= 0.6 is 11.6 Å². The number of aryl methyl sites for hydroxylation is 1. The molecule has 0 saturated heterocycles. The summed E-state index contributed by atoms with van der Waals surface area (Å²) in [6.07, 6.45) is 1.73. The first-order valence-corrected chi connectivity index (χ1v) is 15.8. The number of nitrogens with one attached hydrogen (secondary N) is 1. The molecule has 0 aliphatic heterocycles. The molecule has 0 heterocycles. The zero-order valence-corrected chi connectivity index (χ0v) is 26.0. The van der Waals surface area contributed by atoms with Crippen molar-refractivity contribution >= 4 is 39.1 Å². The zero-order valence-electron chi connectivity index (χ0n) is 24.4. The summed E-state index contributed by atoms with van der Waals surface area (Å²) < 4.78 is 29.0. The average Bonchev–Trinajstić information content (AvgIpc) is 2.94. The van der Waals surface area contributed by atoms with E-state index in [-0.39, 0.29) is 23.3 Å². The SMILES string of the molecule is CCCCNC(=O)[C@H](C)N(Cc1cccc(Cl)c1)C(=O)CN(c1ccc(C(C)C)cc1)S(=O)(=O)c1ccc(C)cc1. The molecule has 0 aromatic heterocycles. The third-order valence-electron chi connectivity index (χ3n) is 6.97. The number of nitrogens with zero attached hydrogens (tertiary/aromatic N) is 2. The topological polar surface area (TPSA) is 86.8 Å². The molecule has 1 atom stereocenters. The van der Waals surface area contributed by atoms with Gasteiger partial charge in [-0.3, -0.25) is 13.9 Å². The Bertz CT molecular complexity index is 1420. The monoisotopic (exact) mass is 597 g/mol. The molecule has 9 heteroatoms. The molecular weight excluding hydrogens is 558 g/mol. The highest BCUT2D eigenvalue weighted by molar-refractivity contribution is 7.92. The molecule has 0 bridgehead atoms. The largest absolute Gasteiger partial charge is 0.354 e. The predicted octanol–water partition coefficient (Wildman–Crippen LogP) is 6.30. The number of sulfonamides is 1. The van der Waals surface area contributed by atoms with Gasteiger partial charge in [0.05, 0.1) is 10.6 Å². The third kappa shape index (κ3) is 8.57. The summed E-state index contributed by atoms with van der Waals surface area (Å²) in [5, 5.41) is 3.39. The van der Waals surface area contributed by atoms with Crippen LogP contribution in [-0.4, -0.2) is 44.3 Å². The Morgan fingerprint density at radius 3 is 2.20 bits per heavy atom. The zero-order chi connectivity index (χ0) is 30.2. The van der Waals surface area contributed by atoms with Crippen LogP contribution in [0.15, 0.2) is 77.7 Å². The fourth-order valence-electron chi connectivity index (χ4n) is 4.34. The van der Waals surface area contributed by atoms with Gasteiger partial charge in [0, 0.05) is 18.1 Å². The third-order valence-corrected chi connectivity index (χ3v) is 9.00. The maximum absolute atomic E-state index is 14.0. The van der Waals surface area contributed by atoms with Crippen LogP contribution in [-0.2, 0) is 26.2 Å². The molecule has 0 aliphatic rings. The number of carbonyl (C=O) groups is 2. The number of anilines is 1. The second-order valence-electron chi connectivity index (χ2n) is 10.5. The van der Waals surface area contributed by atoms with Crippen molar-refractivity contribution in [2.45, 2.75) is 70.9 Å². The van der Waals surface area contributed by atoms with Gasteiger partial charge in [0.2, 0.25) is 11.8 Å². The predicted molar refractivity (Wildman–Crippen MR) is 166 cm³/mol. The van der Waals surface area contributed by atoms with Crippen LogP contribution in [0.1, 0.15) is 63.1 Å². The van der Waals surface area contributed by atoms with Crippen LogP contribution < -0.4 is 9.62 Å². The van der Waals surface area contributed by atoms with Gasteiger partial charge in [-0.2, -0.15) is 0 Å². The van der Waals surface area contributed by atoms with Gasteiger partial charge in [-0.25, -0.2) is 8.42 Å². The molecule has 220 valence electrons. The van der Waals surface area contributed by atoms with Crippen molar-refractivity contribution in [3.05, 3.63) is 94.5 Å². The molecule has 0 unspecified atom stereocenters. The summed E-state index contributed by atoms with van der Waals surface area (Å²) in [5.74, 6) is -0.553. The molecule has 2 amide bonds. The first-order valence-electron chi connectivity index (χ1n) is 13.9. The minimum Gasteiger partial charge on any atom is -0.354 e. The summed E-state index contributed by atoms with van der Waals surface area (Å²) in [6, 6.07) is 19.9. The van der Waals surface area contributed by atoms with Crippen LogP contribution in [0, 0.1) is 6.92 Å². The number of hydrogen-bond donors (Lipinski definition) is 1. The number of benzene rings is 3. The Balaban J connectivity index is 2.02. The van der Waals surface area contributed by atoms with Crippen molar-refractivity contribution in [2.24, 2.45) is 0 Å². The van der Waals surface area contributed by atoms with Crippen LogP contribution in [0.2, 0.25) is 5.02 Å². The lowest BCUT2D eigenvalue weighted by molar-refractivity contribution is -0.139. The minimum absolute atomic E-state index is 0.0792. The van der Waals surface area contributed by atoms with E-state index < -0.39 is 28.5 Å². The van der Waals surface area contributed by atoms with E-state index in [2.05, 4.69) is 19.2 Å². The highest BCUT2D eigenvalue weighted by Gasteiger charge is 2.32. The van der Waals surface area contributed by atoms with E-state index in [1.54, 1.807) is 49.4 Å². The molecule has 3 rings (SSSR count). The van der Waals surface area contributed by atoms with Crippen molar-refractivity contribution in [3.8, 4) is 0 Å². The van der Waals surface area contributed by atoms with E-state index in [9.17, 15) is 18.0 Å². The van der Waals surface area contributed by atoms with E-state index in [1.807, 2.05) is 32.0 Å². The molecule has 0 aliphatic carbocycles. The number of amides is 2. The van der Waals surface area contributed by atoms with E-state index in [0.717, 1.165) is 33.8 Å². The lowest BCUT2D eigenvalue weighted by Crippen LogP contribution is -2.51. The lowest BCUT2D eigenvalue weighted by Gasteiger charge is -2.32. The Morgan fingerprint density at radius 2 is 1.61 bits per heavy atom.